The summed E-state index contributed by atoms with van der Waals surface area (Å²) < 4.78 is 27.2. The molecule has 24 heavy (non-hydrogen) atoms. The van der Waals surface area contributed by atoms with Crippen LogP contribution in [0.25, 0.3) is 0 Å². The maximum absolute atomic E-state index is 12.3. The molecule has 3 N–H and O–H groups in total. The van der Waals surface area contributed by atoms with Crippen LogP contribution in [0.4, 0.5) is 5.69 Å². The van der Waals surface area contributed by atoms with Gasteiger partial charge in [-0.2, -0.15) is 0 Å². The fraction of sp³-hybridized carbons (Fsp3) is 0.235. The SMILES string of the molecule is Cc1cccc(S(=O)(=O)Nc2ccc(C(=O)NC(C)CO)cc2)c1. The Morgan fingerprint density at radius 3 is 2.42 bits per heavy atom. The highest BCUT2D eigenvalue weighted by Crippen LogP contribution is 2.17. The third-order valence-corrected chi connectivity index (χ3v) is 4.73. The van der Waals surface area contributed by atoms with Crippen LogP contribution >= 0.6 is 0 Å². The number of amides is 1. The Balaban J connectivity index is 2.12. The molecule has 0 aliphatic heterocycles. The molecule has 2 aromatic carbocycles. The van der Waals surface area contributed by atoms with Crippen molar-refractivity contribution in [3.05, 3.63) is 59.7 Å². The largest absolute Gasteiger partial charge is 0.394 e. The van der Waals surface area contributed by atoms with Gasteiger partial charge in [-0.1, -0.05) is 12.1 Å². The maximum atomic E-state index is 12.3. The number of rotatable bonds is 6. The lowest BCUT2D eigenvalue weighted by atomic mass is 10.2. The van der Waals surface area contributed by atoms with E-state index >= 15 is 0 Å². The van der Waals surface area contributed by atoms with Gasteiger partial charge in [0.25, 0.3) is 15.9 Å². The highest BCUT2D eigenvalue weighted by atomic mass is 32.2. The molecule has 0 aliphatic carbocycles. The highest BCUT2D eigenvalue weighted by molar-refractivity contribution is 7.92. The molecule has 0 bridgehead atoms. The van der Waals surface area contributed by atoms with Gasteiger partial charge in [0.15, 0.2) is 0 Å². The number of anilines is 1. The normalized spacial score (nSPS) is 12.5. The topological polar surface area (TPSA) is 95.5 Å². The number of aliphatic hydroxyl groups is 1. The fourth-order valence-electron chi connectivity index (χ4n) is 2.04. The van der Waals surface area contributed by atoms with Crippen LogP contribution in [-0.4, -0.2) is 32.1 Å². The fourth-order valence-corrected chi connectivity index (χ4v) is 3.20. The first-order chi connectivity index (χ1) is 11.3. The van der Waals surface area contributed by atoms with Crippen LogP contribution in [0.5, 0.6) is 0 Å². The molecule has 0 aliphatic rings. The molecule has 0 aromatic heterocycles. The summed E-state index contributed by atoms with van der Waals surface area (Å²) in [5.41, 5.74) is 1.60. The summed E-state index contributed by atoms with van der Waals surface area (Å²) in [7, 11) is -3.68. The molecule has 0 fully saturated rings. The van der Waals surface area contributed by atoms with Crippen LogP contribution in [0.1, 0.15) is 22.8 Å². The number of carbonyl (C=O) groups is 1. The molecule has 0 heterocycles. The third kappa shape index (κ3) is 4.56. The molecule has 7 heteroatoms. The molecule has 0 saturated carbocycles. The van der Waals surface area contributed by atoms with Crippen molar-refractivity contribution < 1.29 is 18.3 Å². The van der Waals surface area contributed by atoms with Crippen molar-refractivity contribution in [3.8, 4) is 0 Å². The second-order valence-corrected chi connectivity index (χ2v) is 7.24. The number of sulfonamides is 1. The second kappa shape index (κ2) is 7.46. The maximum Gasteiger partial charge on any atom is 0.261 e. The van der Waals surface area contributed by atoms with E-state index in [0.29, 0.717) is 11.3 Å². The predicted octanol–water partition coefficient (Wildman–Crippen LogP) is 1.91. The molecule has 0 spiro atoms. The Morgan fingerprint density at radius 2 is 1.83 bits per heavy atom. The van der Waals surface area contributed by atoms with Crippen LogP contribution in [0.3, 0.4) is 0 Å². The van der Waals surface area contributed by atoms with Crippen molar-refractivity contribution in [2.24, 2.45) is 0 Å². The minimum Gasteiger partial charge on any atom is -0.394 e. The summed E-state index contributed by atoms with van der Waals surface area (Å²) in [6, 6.07) is 12.3. The van der Waals surface area contributed by atoms with Gasteiger partial charge in [0.1, 0.15) is 0 Å². The van der Waals surface area contributed by atoms with Gasteiger partial charge in [-0.3, -0.25) is 9.52 Å². The minimum atomic E-state index is -3.68. The van der Waals surface area contributed by atoms with E-state index < -0.39 is 10.0 Å². The van der Waals surface area contributed by atoms with E-state index in [9.17, 15) is 13.2 Å². The van der Waals surface area contributed by atoms with Gasteiger partial charge in [0, 0.05) is 17.3 Å². The average Bonchev–Trinajstić information content (AvgIpc) is 2.55. The average molecular weight is 348 g/mol. The summed E-state index contributed by atoms with van der Waals surface area (Å²) in [4.78, 5) is 12.1. The number of hydrogen-bond acceptors (Lipinski definition) is 4. The van der Waals surface area contributed by atoms with Crippen LogP contribution in [0.15, 0.2) is 53.4 Å². The monoisotopic (exact) mass is 348 g/mol. The van der Waals surface area contributed by atoms with Crippen LogP contribution in [-0.2, 0) is 10.0 Å². The van der Waals surface area contributed by atoms with Crippen molar-refractivity contribution in [2.75, 3.05) is 11.3 Å². The Hall–Kier alpha value is -2.38. The molecule has 1 atom stereocenters. The van der Waals surface area contributed by atoms with Gasteiger partial charge in [-0.25, -0.2) is 8.42 Å². The molecule has 1 amide bonds. The van der Waals surface area contributed by atoms with Gasteiger partial charge < -0.3 is 10.4 Å². The van der Waals surface area contributed by atoms with Crippen molar-refractivity contribution in [1.82, 2.24) is 5.32 Å². The van der Waals surface area contributed by atoms with E-state index in [-0.39, 0.29) is 23.5 Å². The summed E-state index contributed by atoms with van der Waals surface area (Å²) in [6.45, 7) is 3.35. The highest BCUT2D eigenvalue weighted by Gasteiger charge is 2.15. The number of hydrogen-bond donors (Lipinski definition) is 3. The van der Waals surface area contributed by atoms with Gasteiger partial charge >= 0.3 is 0 Å². The number of aliphatic hydroxyl groups excluding tert-OH is 1. The Morgan fingerprint density at radius 1 is 1.17 bits per heavy atom. The lowest BCUT2D eigenvalue weighted by Crippen LogP contribution is -2.34. The summed E-state index contributed by atoms with van der Waals surface area (Å²) in [6.07, 6.45) is 0. The molecular formula is C17H20N2O4S. The van der Waals surface area contributed by atoms with E-state index in [0.717, 1.165) is 5.56 Å². The first kappa shape index (κ1) is 18.0. The molecular weight excluding hydrogens is 328 g/mol. The second-order valence-electron chi connectivity index (χ2n) is 5.56. The summed E-state index contributed by atoms with van der Waals surface area (Å²) in [5.74, 6) is -0.329. The zero-order chi connectivity index (χ0) is 17.7. The Kier molecular flexibility index (Phi) is 5.58. The molecule has 128 valence electrons. The summed E-state index contributed by atoms with van der Waals surface area (Å²) >= 11 is 0. The number of nitrogens with one attached hydrogen (secondary N) is 2. The van der Waals surface area contributed by atoms with Gasteiger partial charge in [-0.05, 0) is 55.8 Å². The van der Waals surface area contributed by atoms with Crippen LogP contribution < -0.4 is 10.0 Å². The van der Waals surface area contributed by atoms with Crippen molar-refractivity contribution in [1.29, 1.82) is 0 Å². The predicted molar refractivity (Wildman–Crippen MR) is 92.4 cm³/mol. The van der Waals surface area contributed by atoms with Gasteiger partial charge in [-0.15, -0.1) is 0 Å². The summed E-state index contributed by atoms with van der Waals surface area (Å²) in [5, 5.41) is 11.6. The van der Waals surface area contributed by atoms with Crippen molar-refractivity contribution in [2.45, 2.75) is 24.8 Å². The minimum absolute atomic E-state index is 0.153. The molecule has 1 unspecified atom stereocenters. The number of aryl methyl sites for hydroxylation is 1. The third-order valence-electron chi connectivity index (χ3n) is 3.35. The van der Waals surface area contributed by atoms with Crippen LogP contribution in [0, 0.1) is 6.92 Å². The van der Waals surface area contributed by atoms with E-state index in [4.69, 9.17) is 5.11 Å². The van der Waals surface area contributed by atoms with Crippen molar-refractivity contribution >= 4 is 21.6 Å². The van der Waals surface area contributed by atoms with Crippen molar-refractivity contribution in [3.63, 3.8) is 0 Å². The lowest BCUT2D eigenvalue weighted by molar-refractivity contribution is 0.0922. The van der Waals surface area contributed by atoms with Gasteiger partial charge in [0.05, 0.1) is 11.5 Å². The zero-order valence-corrected chi connectivity index (χ0v) is 14.3. The Labute approximate surface area is 141 Å². The molecule has 6 nitrogen and oxygen atoms in total. The van der Waals surface area contributed by atoms with Crippen LogP contribution in [0.2, 0.25) is 0 Å². The smallest absolute Gasteiger partial charge is 0.261 e. The number of carbonyl (C=O) groups excluding carboxylic acids is 1. The van der Waals surface area contributed by atoms with E-state index in [2.05, 4.69) is 10.0 Å². The quantitative estimate of drug-likeness (QED) is 0.743. The zero-order valence-electron chi connectivity index (χ0n) is 13.5. The molecule has 2 aromatic rings. The molecule has 2 rings (SSSR count). The Bertz CT molecular complexity index is 817. The van der Waals surface area contributed by atoms with Gasteiger partial charge in [0.2, 0.25) is 0 Å². The molecule has 0 saturated heterocycles. The number of benzene rings is 2. The van der Waals surface area contributed by atoms with E-state index in [1.165, 1.54) is 30.3 Å². The molecule has 0 radical (unpaired) electrons. The standard InChI is InChI=1S/C17H20N2O4S/c1-12-4-3-5-16(10-12)24(22,23)19-15-8-6-14(7-9-15)17(21)18-13(2)11-20/h3-10,13,19-20H,11H2,1-2H3,(H,18,21). The first-order valence-corrected chi connectivity index (χ1v) is 8.91. The van der Waals surface area contributed by atoms with E-state index in [1.54, 1.807) is 19.1 Å². The van der Waals surface area contributed by atoms with E-state index in [1.807, 2.05) is 13.0 Å². The lowest BCUT2D eigenvalue weighted by Gasteiger charge is -2.12. The first-order valence-electron chi connectivity index (χ1n) is 7.43.